The number of rotatable bonds is 8. The third-order valence-electron chi connectivity index (χ3n) is 5.34. The van der Waals surface area contributed by atoms with Crippen molar-refractivity contribution in [3.8, 4) is 28.5 Å². The molecule has 6 nitrogen and oxygen atoms in total. The van der Waals surface area contributed by atoms with E-state index in [1.807, 2.05) is 24.3 Å². The lowest BCUT2D eigenvalue weighted by Crippen LogP contribution is -2.23. The van der Waals surface area contributed by atoms with Gasteiger partial charge in [-0.25, -0.2) is 4.39 Å². The molecule has 0 aliphatic heterocycles. The average molecular weight is 476 g/mol. The highest BCUT2D eigenvalue weighted by Crippen LogP contribution is 2.23. The Hall–Kier alpha value is -3.78. The first-order valence-electron chi connectivity index (χ1n) is 11.1. The highest BCUT2D eigenvalue weighted by Gasteiger charge is 2.13. The van der Waals surface area contributed by atoms with Gasteiger partial charge in [0.15, 0.2) is 5.82 Å². The first-order valence-corrected chi connectivity index (χ1v) is 11.9. The number of hydrogen-bond donors (Lipinski definition) is 0. The van der Waals surface area contributed by atoms with Crippen LogP contribution in [0.4, 0.5) is 4.39 Å². The minimum Gasteiger partial charge on any atom is -0.494 e. The highest BCUT2D eigenvalue weighted by molar-refractivity contribution is 7.15. The maximum absolute atomic E-state index is 13.1. The molecule has 3 heterocycles. The molecule has 5 rings (SSSR count). The summed E-state index contributed by atoms with van der Waals surface area (Å²) in [5.41, 5.74) is 1.32. The molecule has 5 aromatic rings. The molecule has 0 aliphatic carbocycles. The number of unbranched alkanes of at least 4 members (excludes halogenated alkanes) is 2. The monoisotopic (exact) mass is 475 g/mol. The third-order valence-corrected chi connectivity index (χ3v) is 6.30. The molecule has 0 spiro atoms. The van der Waals surface area contributed by atoms with Gasteiger partial charge in [-0.3, -0.25) is 4.79 Å². The SMILES string of the molecule is CCCCCOc1ccc(-c2nc3s/c(=C\c4ccc(-c5ccc(F)cc5)o4)c(=O)n3n2)cc1. The normalized spacial score (nSPS) is 12.0. The van der Waals surface area contributed by atoms with Crippen molar-refractivity contribution in [2.45, 2.75) is 26.2 Å². The van der Waals surface area contributed by atoms with Crippen LogP contribution in [-0.4, -0.2) is 21.2 Å². The Bertz CT molecular complexity index is 1520. The van der Waals surface area contributed by atoms with Gasteiger partial charge in [-0.2, -0.15) is 9.50 Å². The summed E-state index contributed by atoms with van der Waals surface area (Å²) < 4.78 is 26.5. The predicted octanol–water partition coefficient (Wildman–Crippen LogP) is 5.33. The van der Waals surface area contributed by atoms with E-state index < -0.39 is 0 Å². The van der Waals surface area contributed by atoms with E-state index in [9.17, 15) is 9.18 Å². The number of aromatic nitrogens is 3. The van der Waals surface area contributed by atoms with Crippen LogP contribution in [0, 0.1) is 5.82 Å². The minimum atomic E-state index is -0.307. The number of hydrogen-bond acceptors (Lipinski definition) is 6. The molecule has 0 amide bonds. The van der Waals surface area contributed by atoms with Gasteiger partial charge in [0.25, 0.3) is 5.56 Å². The van der Waals surface area contributed by atoms with E-state index in [-0.39, 0.29) is 11.4 Å². The van der Waals surface area contributed by atoms with E-state index in [0.717, 1.165) is 36.1 Å². The van der Waals surface area contributed by atoms with Crippen LogP contribution in [0.15, 0.2) is 69.9 Å². The third kappa shape index (κ3) is 4.63. The minimum absolute atomic E-state index is 0.255. The second kappa shape index (κ2) is 9.61. The van der Waals surface area contributed by atoms with Crippen LogP contribution in [0.3, 0.4) is 0 Å². The van der Waals surface area contributed by atoms with Crippen molar-refractivity contribution in [3.05, 3.63) is 87.1 Å². The fourth-order valence-corrected chi connectivity index (χ4v) is 4.42. The van der Waals surface area contributed by atoms with E-state index in [4.69, 9.17) is 9.15 Å². The quantitative estimate of drug-likeness (QED) is 0.284. The van der Waals surface area contributed by atoms with Crippen molar-refractivity contribution in [2.75, 3.05) is 6.61 Å². The second-order valence-corrected chi connectivity index (χ2v) is 8.84. The molecule has 3 aromatic heterocycles. The molecule has 0 radical (unpaired) electrons. The molecule has 0 unspecified atom stereocenters. The van der Waals surface area contributed by atoms with Gasteiger partial charge < -0.3 is 9.15 Å². The zero-order chi connectivity index (χ0) is 23.5. The van der Waals surface area contributed by atoms with Gasteiger partial charge in [-0.15, -0.1) is 5.10 Å². The fourth-order valence-electron chi connectivity index (χ4n) is 3.53. The maximum atomic E-state index is 13.1. The Balaban J connectivity index is 1.35. The molecule has 0 atom stereocenters. The van der Waals surface area contributed by atoms with Gasteiger partial charge in [0.05, 0.1) is 6.61 Å². The Kier molecular flexibility index (Phi) is 6.22. The first-order chi connectivity index (χ1) is 16.6. The van der Waals surface area contributed by atoms with Gasteiger partial charge in [-0.1, -0.05) is 31.1 Å². The standard InChI is InChI=1S/C26H22FN3O3S/c1-2-3-4-15-32-20-11-7-18(8-12-20)24-28-26-30(29-24)25(31)23(34-26)16-21-13-14-22(33-21)17-5-9-19(27)10-6-17/h5-14,16H,2-4,15H2,1H3/b23-16-. The lowest BCUT2D eigenvalue weighted by atomic mass is 10.2. The molecular weight excluding hydrogens is 453 g/mol. The number of ether oxygens (including phenoxy) is 1. The summed E-state index contributed by atoms with van der Waals surface area (Å²) in [6, 6.07) is 17.2. The molecule has 0 N–H and O–H groups in total. The number of benzene rings is 2. The highest BCUT2D eigenvalue weighted by atomic mass is 32.1. The Morgan fingerprint density at radius 3 is 2.53 bits per heavy atom. The van der Waals surface area contributed by atoms with Crippen LogP contribution >= 0.6 is 11.3 Å². The van der Waals surface area contributed by atoms with Crippen LogP contribution < -0.4 is 14.8 Å². The number of halogens is 1. The Labute approximate surface area is 199 Å². The Morgan fingerprint density at radius 2 is 1.79 bits per heavy atom. The van der Waals surface area contributed by atoms with Crippen molar-refractivity contribution in [2.24, 2.45) is 0 Å². The van der Waals surface area contributed by atoms with Gasteiger partial charge >= 0.3 is 0 Å². The molecule has 0 fully saturated rings. The van der Waals surface area contributed by atoms with Crippen molar-refractivity contribution < 1.29 is 13.5 Å². The summed E-state index contributed by atoms with van der Waals surface area (Å²) in [6.07, 6.45) is 5.01. The van der Waals surface area contributed by atoms with Crippen molar-refractivity contribution in [1.82, 2.24) is 14.6 Å². The summed E-state index contributed by atoms with van der Waals surface area (Å²) in [5.74, 6) is 2.11. The summed E-state index contributed by atoms with van der Waals surface area (Å²) in [7, 11) is 0. The summed E-state index contributed by atoms with van der Waals surface area (Å²) >= 11 is 1.25. The molecule has 2 aromatic carbocycles. The van der Waals surface area contributed by atoms with E-state index in [2.05, 4.69) is 17.0 Å². The van der Waals surface area contributed by atoms with Crippen molar-refractivity contribution in [1.29, 1.82) is 0 Å². The Morgan fingerprint density at radius 1 is 1.03 bits per heavy atom. The summed E-state index contributed by atoms with van der Waals surface area (Å²) in [6.45, 7) is 2.86. The molecular formula is C26H22FN3O3S. The van der Waals surface area contributed by atoms with E-state index in [1.165, 1.54) is 28.0 Å². The van der Waals surface area contributed by atoms with Crippen LogP contribution in [0.25, 0.3) is 33.7 Å². The second-order valence-electron chi connectivity index (χ2n) is 7.83. The number of nitrogens with zero attached hydrogens (tertiary/aromatic N) is 3. The molecule has 172 valence electrons. The van der Waals surface area contributed by atoms with Gasteiger partial charge in [0.1, 0.15) is 27.6 Å². The van der Waals surface area contributed by atoms with Gasteiger partial charge in [-0.05, 0) is 67.1 Å². The van der Waals surface area contributed by atoms with E-state index in [1.54, 1.807) is 30.3 Å². The smallest absolute Gasteiger partial charge is 0.291 e. The van der Waals surface area contributed by atoms with Gasteiger partial charge in [0, 0.05) is 17.2 Å². The molecule has 0 saturated carbocycles. The van der Waals surface area contributed by atoms with E-state index >= 15 is 0 Å². The van der Waals surface area contributed by atoms with Crippen LogP contribution in [-0.2, 0) is 0 Å². The lowest BCUT2D eigenvalue weighted by molar-refractivity contribution is 0.306. The van der Waals surface area contributed by atoms with Crippen LogP contribution in [0.2, 0.25) is 0 Å². The molecule has 0 saturated heterocycles. The molecule has 0 bridgehead atoms. The van der Waals surface area contributed by atoms with Crippen LogP contribution in [0.5, 0.6) is 5.75 Å². The van der Waals surface area contributed by atoms with Gasteiger partial charge in [0.2, 0.25) is 4.96 Å². The van der Waals surface area contributed by atoms with Crippen LogP contribution in [0.1, 0.15) is 31.9 Å². The largest absolute Gasteiger partial charge is 0.494 e. The molecule has 8 heteroatoms. The zero-order valence-electron chi connectivity index (χ0n) is 18.5. The van der Waals surface area contributed by atoms with Crippen molar-refractivity contribution >= 4 is 22.4 Å². The predicted molar refractivity (Wildman–Crippen MR) is 130 cm³/mol. The lowest BCUT2D eigenvalue weighted by Gasteiger charge is -2.05. The number of furan rings is 1. The van der Waals surface area contributed by atoms with E-state index in [0.29, 0.717) is 33.4 Å². The molecule has 34 heavy (non-hydrogen) atoms. The maximum Gasteiger partial charge on any atom is 0.291 e. The zero-order valence-corrected chi connectivity index (χ0v) is 19.3. The first kappa shape index (κ1) is 22.0. The van der Waals surface area contributed by atoms with Crippen molar-refractivity contribution in [3.63, 3.8) is 0 Å². The topological polar surface area (TPSA) is 69.6 Å². The number of fused-ring (bicyclic) bond motifs is 1. The average Bonchev–Trinajstić information content (AvgIpc) is 3.55. The fraction of sp³-hybridized carbons (Fsp3) is 0.192. The summed E-state index contributed by atoms with van der Waals surface area (Å²) in [5, 5.41) is 4.40. The molecule has 0 aliphatic rings. The summed E-state index contributed by atoms with van der Waals surface area (Å²) in [4.78, 5) is 17.9. The number of thiazole rings is 1.